The van der Waals surface area contributed by atoms with Crippen LogP contribution >= 0.6 is 0 Å². The lowest BCUT2D eigenvalue weighted by atomic mass is 9.99. The van der Waals surface area contributed by atoms with Crippen LogP contribution in [-0.2, 0) is 19.6 Å². The van der Waals surface area contributed by atoms with Gasteiger partial charge in [-0.15, -0.1) is 0 Å². The molecule has 0 bridgehead atoms. The predicted octanol–water partition coefficient (Wildman–Crippen LogP) is 2.46. The zero-order valence-electron chi connectivity index (χ0n) is 15.8. The molecule has 0 N–H and O–H groups in total. The summed E-state index contributed by atoms with van der Waals surface area (Å²) in [6.45, 7) is 3.96. The molecule has 1 aliphatic carbocycles. The first kappa shape index (κ1) is 22.4. The molecule has 0 aromatic carbocycles. The normalized spacial score (nSPS) is 22.9. The van der Waals surface area contributed by atoms with Crippen LogP contribution in [-0.4, -0.2) is 68.0 Å². The number of ketones is 1. The second-order valence-electron chi connectivity index (χ2n) is 6.94. The van der Waals surface area contributed by atoms with Crippen molar-refractivity contribution < 1.29 is 35.9 Å². The molecule has 2 rings (SSSR count). The van der Waals surface area contributed by atoms with E-state index in [1.165, 1.54) is 4.31 Å². The smallest absolute Gasteiger partial charge is 0.428 e. The van der Waals surface area contributed by atoms with Crippen LogP contribution in [0, 0.1) is 5.92 Å². The Bertz CT molecular complexity index is 796. The van der Waals surface area contributed by atoms with Crippen molar-refractivity contribution in [3.05, 3.63) is 22.6 Å². The lowest BCUT2D eigenvalue weighted by Gasteiger charge is -2.35. The quantitative estimate of drug-likeness (QED) is 0.692. The van der Waals surface area contributed by atoms with E-state index >= 15 is 0 Å². The van der Waals surface area contributed by atoms with Gasteiger partial charge in [0.2, 0.25) is 10.0 Å². The molecular formula is C17H23F3N2O5S. The number of piperazine rings is 1. The Morgan fingerprint density at radius 2 is 1.79 bits per heavy atom. The van der Waals surface area contributed by atoms with Crippen LogP contribution in [0.25, 0.3) is 0 Å². The summed E-state index contributed by atoms with van der Waals surface area (Å²) in [5, 5.41) is 0. The average molecular weight is 424 g/mol. The van der Waals surface area contributed by atoms with Crippen molar-refractivity contribution in [3.8, 4) is 0 Å². The number of halogens is 3. The maximum absolute atomic E-state index is 12.8. The summed E-state index contributed by atoms with van der Waals surface area (Å²) in [4.78, 5) is 24.3. The standard InChI is InChI=1S/C17H23F3N2O5S/c1-11-4-5-14(12(2)10-11)28(25,26)22-8-6-21(7-9-22)16(24)27-15(13(3)23)17(18,19)20/h5,10-11,15H,4,6-9H2,1-3H3/t11?,15-/m0/s1. The third-order valence-corrected chi connectivity index (χ3v) is 6.69. The molecule has 0 aromatic heterocycles. The molecule has 1 amide bonds. The molecule has 0 radical (unpaired) electrons. The van der Waals surface area contributed by atoms with E-state index in [0.29, 0.717) is 18.9 Å². The topological polar surface area (TPSA) is 84.0 Å². The number of rotatable bonds is 4. The molecule has 7 nitrogen and oxygen atoms in total. The number of Topliss-reactive ketones (excluding diaryl/α,β-unsaturated/α-hetero) is 1. The van der Waals surface area contributed by atoms with E-state index in [-0.39, 0.29) is 37.0 Å². The summed E-state index contributed by atoms with van der Waals surface area (Å²) < 4.78 is 69.5. The van der Waals surface area contributed by atoms with Crippen molar-refractivity contribution in [2.24, 2.45) is 5.92 Å². The lowest BCUT2D eigenvalue weighted by molar-refractivity contribution is -0.204. The third kappa shape index (κ3) is 4.93. The van der Waals surface area contributed by atoms with Gasteiger partial charge in [0, 0.05) is 26.2 Å². The number of amides is 1. The van der Waals surface area contributed by atoms with Crippen molar-refractivity contribution in [2.45, 2.75) is 39.5 Å². The molecular weight excluding hydrogens is 401 g/mol. The largest absolute Gasteiger partial charge is 0.432 e. The van der Waals surface area contributed by atoms with Gasteiger partial charge in [-0.3, -0.25) is 4.79 Å². The highest BCUT2D eigenvalue weighted by Gasteiger charge is 2.47. The van der Waals surface area contributed by atoms with Crippen LogP contribution in [0.1, 0.15) is 27.2 Å². The Balaban J connectivity index is 2.01. The van der Waals surface area contributed by atoms with E-state index < -0.39 is 34.2 Å². The van der Waals surface area contributed by atoms with Gasteiger partial charge in [0.25, 0.3) is 6.10 Å². The van der Waals surface area contributed by atoms with Gasteiger partial charge in [0.05, 0.1) is 4.91 Å². The van der Waals surface area contributed by atoms with Crippen LogP contribution < -0.4 is 0 Å². The zero-order chi connectivity index (χ0) is 21.3. The maximum atomic E-state index is 12.8. The van der Waals surface area contributed by atoms with Gasteiger partial charge in [0.1, 0.15) is 0 Å². The van der Waals surface area contributed by atoms with Gasteiger partial charge in [-0.2, -0.15) is 17.5 Å². The number of hydrogen-bond donors (Lipinski definition) is 0. The fourth-order valence-corrected chi connectivity index (χ4v) is 4.85. The Kier molecular flexibility index (Phi) is 6.59. The highest BCUT2D eigenvalue weighted by atomic mass is 32.2. The van der Waals surface area contributed by atoms with E-state index in [2.05, 4.69) is 4.74 Å². The Morgan fingerprint density at radius 3 is 2.25 bits per heavy atom. The number of carbonyl (C=O) groups is 2. The molecule has 0 saturated carbocycles. The second-order valence-corrected chi connectivity index (χ2v) is 8.84. The van der Waals surface area contributed by atoms with Crippen molar-refractivity contribution in [1.82, 2.24) is 9.21 Å². The number of allylic oxidation sites excluding steroid dienone is 3. The Morgan fingerprint density at radius 1 is 1.21 bits per heavy atom. The van der Waals surface area contributed by atoms with Crippen molar-refractivity contribution in [2.75, 3.05) is 26.2 Å². The van der Waals surface area contributed by atoms with E-state index in [4.69, 9.17) is 0 Å². The summed E-state index contributed by atoms with van der Waals surface area (Å²) in [5.74, 6) is -1.09. The van der Waals surface area contributed by atoms with Gasteiger partial charge >= 0.3 is 12.3 Å². The van der Waals surface area contributed by atoms with E-state index in [9.17, 15) is 31.2 Å². The molecule has 1 unspecified atom stereocenters. The summed E-state index contributed by atoms with van der Waals surface area (Å²) in [6, 6.07) is 0. The number of nitrogens with zero attached hydrogens (tertiary/aromatic N) is 2. The van der Waals surface area contributed by atoms with Crippen molar-refractivity contribution in [1.29, 1.82) is 0 Å². The SMILES string of the molecule is CC(=O)[C@H](OC(=O)N1CCN(S(=O)(=O)C2=CCC(C)C=C2C)CC1)C(F)(F)F. The van der Waals surface area contributed by atoms with Gasteiger partial charge in [-0.05, 0) is 31.8 Å². The minimum Gasteiger partial charge on any atom is -0.428 e. The molecule has 158 valence electrons. The Hall–Kier alpha value is -1.88. The number of ether oxygens (including phenoxy) is 1. The van der Waals surface area contributed by atoms with Gasteiger partial charge in [-0.25, -0.2) is 13.2 Å². The predicted molar refractivity (Wildman–Crippen MR) is 94.7 cm³/mol. The third-order valence-electron chi connectivity index (χ3n) is 4.60. The molecule has 1 saturated heterocycles. The molecule has 1 aliphatic heterocycles. The van der Waals surface area contributed by atoms with Crippen LogP contribution in [0.15, 0.2) is 22.6 Å². The minimum absolute atomic E-state index is 0.0750. The summed E-state index contributed by atoms with van der Waals surface area (Å²) in [7, 11) is -3.75. The fourth-order valence-electron chi connectivity index (χ4n) is 3.15. The van der Waals surface area contributed by atoms with E-state index in [1.807, 2.05) is 13.0 Å². The van der Waals surface area contributed by atoms with Crippen LogP contribution in [0.5, 0.6) is 0 Å². The summed E-state index contributed by atoms with van der Waals surface area (Å²) in [6.07, 6.45) is -4.99. The molecule has 28 heavy (non-hydrogen) atoms. The average Bonchev–Trinajstić information content (AvgIpc) is 2.58. The van der Waals surface area contributed by atoms with Gasteiger partial charge in [0.15, 0.2) is 5.78 Å². The molecule has 0 aromatic rings. The van der Waals surface area contributed by atoms with E-state index in [1.54, 1.807) is 13.0 Å². The number of alkyl halides is 3. The number of hydrogen-bond acceptors (Lipinski definition) is 5. The minimum atomic E-state index is -5.00. The molecule has 1 heterocycles. The number of carbonyl (C=O) groups excluding carboxylic acids is 2. The molecule has 2 aliphatic rings. The molecule has 0 spiro atoms. The van der Waals surface area contributed by atoms with Crippen LogP contribution in [0.4, 0.5) is 18.0 Å². The highest BCUT2D eigenvalue weighted by Crippen LogP contribution is 2.29. The number of sulfonamides is 1. The fraction of sp³-hybridized carbons (Fsp3) is 0.647. The maximum Gasteiger partial charge on any atom is 0.432 e. The summed E-state index contributed by atoms with van der Waals surface area (Å²) in [5.41, 5.74) is 0.648. The van der Waals surface area contributed by atoms with Crippen molar-refractivity contribution in [3.63, 3.8) is 0 Å². The highest BCUT2D eigenvalue weighted by molar-refractivity contribution is 7.93. The van der Waals surface area contributed by atoms with Gasteiger partial charge in [-0.1, -0.05) is 19.1 Å². The lowest BCUT2D eigenvalue weighted by Crippen LogP contribution is -2.52. The molecule has 1 fully saturated rings. The first-order chi connectivity index (χ1) is 12.8. The molecule has 2 atom stereocenters. The van der Waals surface area contributed by atoms with Crippen LogP contribution in [0.3, 0.4) is 0 Å². The van der Waals surface area contributed by atoms with Gasteiger partial charge < -0.3 is 9.64 Å². The van der Waals surface area contributed by atoms with Crippen LogP contribution in [0.2, 0.25) is 0 Å². The second kappa shape index (κ2) is 8.24. The summed E-state index contributed by atoms with van der Waals surface area (Å²) >= 11 is 0. The van der Waals surface area contributed by atoms with Crippen molar-refractivity contribution >= 4 is 21.9 Å². The monoisotopic (exact) mass is 424 g/mol. The first-order valence-corrected chi connectivity index (χ1v) is 10.2. The first-order valence-electron chi connectivity index (χ1n) is 8.76. The molecule has 11 heteroatoms. The van der Waals surface area contributed by atoms with E-state index in [0.717, 1.165) is 4.90 Å². The Labute approximate surface area is 161 Å². The zero-order valence-corrected chi connectivity index (χ0v) is 16.6.